The molecule has 0 N–H and O–H groups in total. The van der Waals surface area contributed by atoms with Gasteiger partial charge in [-0.05, 0) is 66.8 Å². The van der Waals surface area contributed by atoms with Crippen molar-refractivity contribution in [1.82, 2.24) is 0 Å². The first kappa shape index (κ1) is 16.3. The zero-order valence-corrected chi connectivity index (χ0v) is 14.3. The molecule has 0 amide bonds. The van der Waals surface area contributed by atoms with Crippen molar-refractivity contribution in [3.8, 4) is 12.1 Å². The molecule has 0 radical (unpaired) electrons. The van der Waals surface area contributed by atoms with E-state index in [1.807, 2.05) is 6.08 Å². The maximum atomic E-state index is 11.8. The summed E-state index contributed by atoms with van der Waals surface area (Å²) in [5.41, 5.74) is 1.47. The molecular weight excluding hydrogens is 284 g/mol. The van der Waals surface area contributed by atoms with Crippen LogP contribution >= 0.6 is 0 Å². The third kappa shape index (κ3) is 2.51. The van der Waals surface area contributed by atoms with Crippen LogP contribution in [0, 0.1) is 51.2 Å². The highest BCUT2D eigenvalue weighted by Crippen LogP contribution is 2.62. The minimum Gasteiger partial charge on any atom is -0.295 e. The Bertz CT molecular complexity index is 623. The van der Waals surface area contributed by atoms with Gasteiger partial charge in [0, 0.05) is 19.3 Å². The lowest BCUT2D eigenvalue weighted by Gasteiger charge is -2.58. The molecule has 0 aromatic rings. The van der Waals surface area contributed by atoms with E-state index in [4.69, 9.17) is 0 Å². The summed E-state index contributed by atoms with van der Waals surface area (Å²) in [6.45, 7) is 4.56. The van der Waals surface area contributed by atoms with Crippen molar-refractivity contribution in [3.05, 3.63) is 11.6 Å². The highest BCUT2D eigenvalue weighted by Gasteiger charge is 2.54. The molecule has 2 fully saturated rings. The van der Waals surface area contributed by atoms with E-state index in [1.165, 1.54) is 5.57 Å². The van der Waals surface area contributed by atoms with E-state index in [1.54, 1.807) is 0 Å². The molecule has 3 nitrogen and oxygen atoms in total. The molecule has 0 bridgehead atoms. The van der Waals surface area contributed by atoms with E-state index in [-0.39, 0.29) is 16.6 Å². The number of hydrogen-bond donors (Lipinski definition) is 0. The van der Waals surface area contributed by atoms with Crippen molar-refractivity contribution in [2.75, 3.05) is 0 Å². The number of allylic oxidation sites excluding steroid dienone is 2. The predicted molar refractivity (Wildman–Crippen MR) is 87.9 cm³/mol. The molecule has 0 unspecified atom stereocenters. The van der Waals surface area contributed by atoms with Gasteiger partial charge in [0.15, 0.2) is 5.78 Å². The Labute approximate surface area is 139 Å². The fraction of sp³-hybridized carbons (Fsp3) is 0.750. The second-order valence-corrected chi connectivity index (χ2v) is 8.36. The number of carbonyl (C=O) groups excluding carboxylic acids is 1. The Morgan fingerprint density at radius 2 is 1.96 bits per heavy atom. The molecule has 0 spiro atoms. The average Bonchev–Trinajstić information content (AvgIpc) is 2.51. The molecule has 5 atom stereocenters. The van der Waals surface area contributed by atoms with Crippen molar-refractivity contribution in [1.29, 1.82) is 10.5 Å². The van der Waals surface area contributed by atoms with Gasteiger partial charge in [0.05, 0.1) is 12.1 Å². The van der Waals surface area contributed by atoms with E-state index in [9.17, 15) is 15.3 Å². The fourth-order valence-electron chi connectivity index (χ4n) is 5.85. The van der Waals surface area contributed by atoms with Crippen molar-refractivity contribution in [3.63, 3.8) is 0 Å². The number of fused-ring (bicyclic) bond motifs is 3. The lowest BCUT2D eigenvalue weighted by Crippen LogP contribution is -2.50. The monoisotopic (exact) mass is 310 g/mol. The van der Waals surface area contributed by atoms with Gasteiger partial charge in [-0.15, -0.1) is 0 Å². The van der Waals surface area contributed by atoms with Gasteiger partial charge in [-0.1, -0.05) is 19.4 Å². The van der Waals surface area contributed by atoms with E-state index >= 15 is 0 Å². The minimum atomic E-state index is -0.0201. The molecule has 0 aromatic heterocycles. The maximum absolute atomic E-state index is 11.8. The standard InChI is InChI=1S/C20H26N2O/c1-19(10-12-22)8-6-18-16(17(19)7-11-21)4-3-14-13-15(23)5-9-20(14,18)2/h13,16-18H,3-10H2,1-2H3/t16-,17-,18-,19+,20-/m0/s1. The molecule has 122 valence electrons. The van der Waals surface area contributed by atoms with Crippen molar-refractivity contribution in [2.24, 2.45) is 28.6 Å². The molecule has 0 heterocycles. The fourth-order valence-corrected chi connectivity index (χ4v) is 5.85. The highest BCUT2D eigenvalue weighted by atomic mass is 16.1. The van der Waals surface area contributed by atoms with Crippen LogP contribution in [-0.4, -0.2) is 5.78 Å². The molecule has 0 aliphatic heterocycles. The van der Waals surface area contributed by atoms with Gasteiger partial charge in [-0.2, -0.15) is 10.5 Å². The normalized spacial score (nSPS) is 42.7. The SMILES string of the molecule is C[C@]1(CC#N)CC[C@H]2[C@@H](CCC3=CC(=O)CC[C@@]32C)[C@@H]1CC#N. The quantitative estimate of drug-likeness (QED) is 0.751. The molecule has 3 aliphatic rings. The summed E-state index contributed by atoms with van der Waals surface area (Å²) in [6.07, 6.45) is 8.91. The van der Waals surface area contributed by atoms with Gasteiger partial charge >= 0.3 is 0 Å². The van der Waals surface area contributed by atoms with Gasteiger partial charge in [0.25, 0.3) is 0 Å². The Morgan fingerprint density at radius 3 is 2.65 bits per heavy atom. The van der Waals surface area contributed by atoms with Gasteiger partial charge < -0.3 is 0 Å². The number of nitrogens with zero attached hydrogens (tertiary/aromatic N) is 2. The molecule has 0 saturated heterocycles. The van der Waals surface area contributed by atoms with E-state index in [0.717, 1.165) is 32.1 Å². The van der Waals surface area contributed by atoms with E-state index in [0.29, 0.717) is 37.0 Å². The molecule has 23 heavy (non-hydrogen) atoms. The summed E-state index contributed by atoms with van der Waals surface area (Å²) in [5.74, 6) is 1.70. The largest absolute Gasteiger partial charge is 0.295 e. The van der Waals surface area contributed by atoms with E-state index in [2.05, 4.69) is 26.0 Å². The van der Waals surface area contributed by atoms with Crippen molar-refractivity contribution in [2.45, 2.75) is 65.2 Å². The molecule has 3 aliphatic carbocycles. The first-order valence-electron chi connectivity index (χ1n) is 8.92. The van der Waals surface area contributed by atoms with Crippen LogP contribution in [0.25, 0.3) is 0 Å². The number of ketones is 1. The van der Waals surface area contributed by atoms with Crippen LogP contribution in [0.3, 0.4) is 0 Å². The summed E-state index contributed by atoms with van der Waals surface area (Å²) < 4.78 is 0. The molecule has 3 heteroatoms. The maximum Gasteiger partial charge on any atom is 0.155 e. The summed E-state index contributed by atoms with van der Waals surface area (Å²) in [7, 11) is 0. The lowest BCUT2D eigenvalue weighted by atomic mass is 9.46. The average molecular weight is 310 g/mol. The van der Waals surface area contributed by atoms with Crippen LogP contribution in [0.4, 0.5) is 0 Å². The number of carbonyl (C=O) groups is 1. The first-order chi connectivity index (χ1) is 10.9. The first-order valence-corrected chi connectivity index (χ1v) is 8.92. The Morgan fingerprint density at radius 1 is 1.17 bits per heavy atom. The minimum absolute atomic E-state index is 0.0201. The third-order valence-corrected chi connectivity index (χ3v) is 7.27. The Hall–Kier alpha value is -1.61. The molecular formula is C20H26N2O. The van der Waals surface area contributed by atoms with Crippen LogP contribution in [-0.2, 0) is 4.79 Å². The van der Waals surface area contributed by atoms with E-state index < -0.39 is 0 Å². The second-order valence-electron chi connectivity index (χ2n) is 8.36. The second kappa shape index (κ2) is 5.79. The zero-order chi connectivity index (χ0) is 16.7. The number of nitriles is 2. The molecule has 2 saturated carbocycles. The third-order valence-electron chi connectivity index (χ3n) is 7.27. The van der Waals surface area contributed by atoms with Gasteiger partial charge in [-0.3, -0.25) is 4.79 Å². The van der Waals surface area contributed by atoms with Crippen molar-refractivity contribution >= 4 is 5.78 Å². The van der Waals surface area contributed by atoms with Crippen LogP contribution in [0.5, 0.6) is 0 Å². The Kier molecular flexibility index (Phi) is 4.09. The number of rotatable bonds is 2. The van der Waals surface area contributed by atoms with Crippen LogP contribution < -0.4 is 0 Å². The highest BCUT2D eigenvalue weighted by molar-refractivity contribution is 5.91. The van der Waals surface area contributed by atoms with Crippen LogP contribution in [0.15, 0.2) is 11.6 Å². The zero-order valence-electron chi connectivity index (χ0n) is 14.3. The Balaban J connectivity index is 1.95. The molecule has 0 aromatic carbocycles. The van der Waals surface area contributed by atoms with Crippen LogP contribution in [0.2, 0.25) is 0 Å². The van der Waals surface area contributed by atoms with Gasteiger partial charge in [-0.25, -0.2) is 0 Å². The summed E-state index contributed by atoms with van der Waals surface area (Å²) in [4.78, 5) is 11.8. The van der Waals surface area contributed by atoms with Crippen molar-refractivity contribution < 1.29 is 4.79 Å². The summed E-state index contributed by atoms with van der Waals surface area (Å²) in [5, 5.41) is 18.6. The summed E-state index contributed by atoms with van der Waals surface area (Å²) in [6, 6.07) is 4.77. The smallest absolute Gasteiger partial charge is 0.155 e. The topological polar surface area (TPSA) is 64.7 Å². The van der Waals surface area contributed by atoms with Gasteiger partial charge in [0.2, 0.25) is 0 Å². The predicted octanol–water partition coefficient (Wildman–Crippen LogP) is 4.55. The van der Waals surface area contributed by atoms with Crippen LogP contribution in [0.1, 0.15) is 65.2 Å². The lowest BCUT2D eigenvalue weighted by molar-refractivity contribution is -0.117. The molecule has 3 rings (SSSR count). The summed E-state index contributed by atoms with van der Waals surface area (Å²) >= 11 is 0. The number of hydrogen-bond acceptors (Lipinski definition) is 3. The van der Waals surface area contributed by atoms with Gasteiger partial charge in [0.1, 0.15) is 0 Å².